The summed E-state index contributed by atoms with van der Waals surface area (Å²) in [4.78, 5) is 1.19. The van der Waals surface area contributed by atoms with E-state index < -0.39 is 0 Å². The van der Waals surface area contributed by atoms with Gasteiger partial charge < -0.3 is 0 Å². The molecule has 1 aromatic heterocycles. The van der Waals surface area contributed by atoms with Crippen molar-refractivity contribution in [3.63, 3.8) is 0 Å². The molecule has 4 heteroatoms. The molecule has 1 unspecified atom stereocenters. The van der Waals surface area contributed by atoms with Gasteiger partial charge in [-0.25, -0.2) is 4.39 Å². The molecule has 0 spiro atoms. The molecule has 19 heavy (non-hydrogen) atoms. The number of nitrogens with two attached hydrogens (primary N) is 1. The Bertz CT molecular complexity index is 534. The molecular formula is C15H21FN2S. The van der Waals surface area contributed by atoms with Gasteiger partial charge in [-0.15, -0.1) is 11.3 Å². The third kappa shape index (κ3) is 3.32. The molecule has 104 valence electrons. The minimum atomic E-state index is -0.182. The number of benzene rings is 1. The Hall–Kier alpha value is -0.970. The van der Waals surface area contributed by atoms with E-state index in [1.165, 1.54) is 10.9 Å². The molecule has 0 amide bonds. The van der Waals surface area contributed by atoms with Crippen molar-refractivity contribution in [3.8, 4) is 0 Å². The van der Waals surface area contributed by atoms with Gasteiger partial charge in [0.05, 0.1) is 6.04 Å². The molecule has 0 bridgehead atoms. The van der Waals surface area contributed by atoms with E-state index in [0.29, 0.717) is 5.92 Å². The fourth-order valence-electron chi connectivity index (χ4n) is 2.42. The van der Waals surface area contributed by atoms with Gasteiger partial charge in [-0.2, -0.15) is 0 Å². The molecule has 0 saturated carbocycles. The summed E-state index contributed by atoms with van der Waals surface area (Å²) in [7, 11) is 0. The highest BCUT2D eigenvalue weighted by Gasteiger charge is 2.17. The Morgan fingerprint density at radius 2 is 2.00 bits per heavy atom. The third-order valence-corrected chi connectivity index (χ3v) is 4.98. The minimum absolute atomic E-state index is 0.158. The van der Waals surface area contributed by atoms with Crippen LogP contribution in [0.2, 0.25) is 0 Å². The van der Waals surface area contributed by atoms with Gasteiger partial charge in [-0.3, -0.25) is 11.3 Å². The van der Waals surface area contributed by atoms with Crippen LogP contribution in [0, 0.1) is 11.7 Å². The van der Waals surface area contributed by atoms with E-state index in [2.05, 4.69) is 25.3 Å². The van der Waals surface area contributed by atoms with Gasteiger partial charge in [-0.05, 0) is 35.9 Å². The summed E-state index contributed by atoms with van der Waals surface area (Å²) in [6.07, 6.45) is 3.35. The van der Waals surface area contributed by atoms with Crippen LogP contribution in [0.3, 0.4) is 0 Å². The number of hydrogen-bond donors (Lipinski definition) is 2. The van der Waals surface area contributed by atoms with Crippen molar-refractivity contribution in [2.24, 2.45) is 11.8 Å². The predicted molar refractivity (Wildman–Crippen MR) is 80.5 cm³/mol. The van der Waals surface area contributed by atoms with E-state index in [-0.39, 0.29) is 11.9 Å². The summed E-state index contributed by atoms with van der Waals surface area (Å²) in [5.41, 5.74) is 2.91. The van der Waals surface area contributed by atoms with Crippen molar-refractivity contribution < 1.29 is 4.39 Å². The van der Waals surface area contributed by atoms with Crippen LogP contribution in [0.15, 0.2) is 24.3 Å². The summed E-state index contributed by atoms with van der Waals surface area (Å²) in [6, 6.07) is 7.20. The molecule has 2 aromatic rings. The van der Waals surface area contributed by atoms with E-state index in [1.807, 2.05) is 6.07 Å². The van der Waals surface area contributed by atoms with E-state index in [9.17, 15) is 4.39 Å². The zero-order chi connectivity index (χ0) is 13.8. The highest BCUT2D eigenvalue weighted by Crippen LogP contribution is 2.33. The first-order valence-corrected chi connectivity index (χ1v) is 7.64. The number of halogens is 1. The number of hydrazine groups is 1. The molecule has 0 aliphatic carbocycles. The normalized spacial score (nSPS) is 13.3. The molecule has 1 heterocycles. The van der Waals surface area contributed by atoms with E-state index in [0.717, 1.165) is 29.3 Å². The monoisotopic (exact) mass is 280 g/mol. The first-order valence-electron chi connectivity index (χ1n) is 6.83. The molecule has 2 nitrogen and oxygen atoms in total. The van der Waals surface area contributed by atoms with Crippen molar-refractivity contribution in [3.05, 3.63) is 35.0 Å². The summed E-state index contributed by atoms with van der Waals surface area (Å²) in [5.74, 6) is 6.18. The first kappa shape index (κ1) is 14.4. The van der Waals surface area contributed by atoms with Crippen molar-refractivity contribution >= 4 is 21.4 Å². The fourth-order valence-corrected chi connectivity index (χ4v) is 3.58. The van der Waals surface area contributed by atoms with Gasteiger partial charge in [0.2, 0.25) is 0 Å². The topological polar surface area (TPSA) is 38.0 Å². The van der Waals surface area contributed by atoms with Gasteiger partial charge >= 0.3 is 0 Å². The molecule has 1 atom stereocenters. The lowest BCUT2D eigenvalue weighted by molar-refractivity contribution is 0.378. The molecular weight excluding hydrogens is 259 g/mol. The molecule has 0 saturated heterocycles. The summed E-state index contributed by atoms with van der Waals surface area (Å²) in [6.45, 7) is 4.42. The number of nitrogens with one attached hydrogen (secondary N) is 1. The zero-order valence-corrected chi connectivity index (χ0v) is 12.3. The molecule has 3 N–H and O–H groups in total. The zero-order valence-electron chi connectivity index (χ0n) is 11.4. The van der Waals surface area contributed by atoms with Crippen LogP contribution in [0.5, 0.6) is 0 Å². The van der Waals surface area contributed by atoms with Crippen molar-refractivity contribution in [2.45, 2.75) is 39.2 Å². The van der Waals surface area contributed by atoms with Gasteiger partial charge in [0.25, 0.3) is 0 Å². The SMILES string of the molecule is CCC(CC)CC(NN)c1cc2ccc(F)cc2s1. The molecule has 0 fully saturated rings. The molecule has 2 rings (SSSR count). The predicted octanol–water partition coefficient (Wildman–Crippen LogP) is 4.37. The summed E-state index contributed by atoms with van der Waals surface area (Å²) >= 11 is 1.62. The van der Waals surface area contributed by atoms with Crippen LogP contribution < -0.4 is 11.3 Å². The van der Waals surface area contributed by atoms with Crippen molar-refractivity contribution in [2.75, 3.05) is 0 Å². The number of rotatable bonds is 6. The van der Waals surface area contributed by atoms with Crippen LogP contribution in [-0.2, 0) is 0 Å². The molecule has 0 aliphatic heterocycles. The summed E-state index contributed by atoms with van der Waals surface area (Å²) < 4.78 is 14.2. The maximum Gasteiger partial charge on any atom is 0.124 e. The van der Waals surface area contributed by atoms with E-state index >= 15 is 0 Å². The second kappa shape index (κ2) is 6.46. The Morgan fingerprint density at radius 3 is 2.63 bits per heavy atom. The highest BCUT2D eigenvalue weighted by atomic mass is 32.1. The van der Waals surface area contributed by atoms with Crippen molar-refractivity contribution in [1.29, 1.82) is 0 Å². The molecule has 1 aromatic carbocycles. The average molecular weight is 280 g/mol. The number of fused-ring (bicyclic) bond motifs is 1. The summed E-state index contributed by atoms with van der Waals surface area (Å²) in [5, 5.41) is 1.09. The number of hydrogen-bond acceptors (Lipinski definition) is 3. The largest absolute Gasteiger partial charge is 0.271 e. The Labute approximate surface area is 117 Å². The smallest absolute Gasteiger partial charge is 0.124 e. The Morgan fingerprint density at radius 1 is 1.26 bits per heavy atom. The lowest BCUT2D eigenvalue weighted by Gasteiger charge is -2.20. The first-order chi connectivity index (χ1) is 9.17. The average Bonchev–Trinajstić information content (AvgIpc) is 2.83. The number of thiophene rings is 1. The standard InChI is InChI=1S/C15H21FN2S/c1-3-10(4-2)7-13(18-17)15-8-11-5-6-12(16)9-14(11)19-15/h5-6,8-10,13,18H,3-4,7,17H2,1-2H3. The quantitative estimate of drug-likeness (QED) is 0.609. The minimum Gasteiger partial charge on any atom is -0.271 e. The van der Waals surface area contributed by atoms with E-state index in [4.69, 9.17) is 5.84 Å². The van der Waals surface area contributed by atoms with Gasteiger partial charge in [0.15, 0.2) is 0 Å². The van der Waals surface area contributed by atoms with Gasteiger partial charge in [0.1, 0.15) is 5.82 Å². The molecule has 0 radical (unpaired) electrons. The maximum atomic E-state index is 13.2. The van der Waals surface area contributed by atoms with Crippen LogP contribution in [0.25, 0.3) is 10.1 Å². The second-order valence-corrected chi connectivity index (χ2v) is 6.08. The van der Waals surface area contributed by atoms with Gasteiger partial charge in [-0.1, -0.05) is 32.8 Å². The maximum absolute atomic E-state index is 13.2. The Balaban J connectivity index is 2.25. The van der Waals surface area contributed by atoms with Crippen LogP contribution in [0.1, 0.15) is 44.0 Å². The second-order valence-electron chi connectivity index (χ2n) is 4.97. The van der Waals surface area contributed by atoms with Crippen LogP contribution in [0.4, 0.5) is 4.39 Å². The fraction of sp³-hybridized carbons (Fsp3) is 0.467. The van der Waals surface area contributed by atoms with Crippen LogP contribution >= 0.6 is 11.3 Å². The lowest BCUT2D eigenvalue weighted by Crippen LogP contribution is -2.29. The van der Waals surface area contributed by atoms with E-state index in [1.54, 1.807) is 17.4 Å². The lowest BCUT2D eigenvalue weighted by atomic mass is 9.94. The third-order valence-electron chi connectivity index (χ3n) is 3.77. The Kier molecular flexibility index (Phi) is 4.91. The van der Waals surface area contributed by atoms with Gasteiger partial charge in [0, 0.05) is 9.58 Å². The van der Waals surface area contributed by atoms with Crippen LogP contribution in [-0.4, -0.2) is 0 Å². The van der Waals surface area contributed by atoms with Crippen molar-refractivity contribution in [1.82, 2.24) is 5.43 Å². The molecule has 0 aliphatic rings. The highest BCUT2D eigenvalue weighted by molar-refractivity contribution is 7.19.